The lowest BCUT2D eigenvalue weighted by molar-refractivity contribution is -0.133. The number of hydrogen-bond donors (Lipinski definition) is 2. The highest BCUT2D eigenvalue weighted by Gasteiger charge is 2.16. The van der Waals surface area contributed by atoms with E-state index in [1.54, 1.807) is 18.2 Å². The molecule has 0 unspecified atom stereocenters. The van der Waals surface area contributed by atoms with Crippen LogP contribution in [0.4, 0.5) is 20.2 Å². The predicted octanol–water partition coefficient (Wildman–Crippen LogP) is 2.85. The molecule has 0 spiro atoms. The van der Waals surface area contributed by atoms with Crippen molar-refractivity contribution in [2.45, 2.75) is 6.92 Å². The number of anilines is 2. The van der Waals surface area contributed by atoms with Crippen LogP contribution in [0.25, 0.3) is 0 Å². The molecular weight excluding hydrogens is 278 g/mol. The molecule has 0 bridgehead atoms. The van der Waals surface area contributed by atoms with E-state index in [1.807, 2.05) is 18.3 Å². The number of benzene rings is 2. The zero-order chi connectivity index (χ0) is 15.4. The van der Waals surface area contributed by atoms with Gasteiger partial charge in [0.15, 0.2) is 0 Å². The fourth-order valence-corrected chi connectivity index (χ4v) is 1.68. The molecule has 108 valence electrons. The van der Waals surface area contributed by atoms with E-state index in [0.717, 1.165) is 23.8 Å². The monoisotopic (exact) mass is 290 g/mol. The Labute approximate surface area is 119 Å². The molecule has 0 saturated carbocycles. The second-order valence-corrected chi connectivity index (χ2v) is 4.40. The van der Waals surface area contributed by atoms with Crippen molar-refractivity contribution >= 4 is 23.2 Å². The maximum Gasteiger partial charge on any atom is 0.314 e. The van der Waals surface area contributed by atoms with Gasteiger partial charge in [0.25, 0.3) is 0 Å². The fraction of sp³-hybridized carbons (Fsp3) is 0.0667. The predicted molar refractivity (Wildman–Crippen MR) is 74.8 cm³/mol. The molecule has 2 N–H and O–H groups in total. The Hall–Kier alpha value is -2.76. The molecule has 0 aliphatic carbocycles. The van der Waals surface area contributed by atoms with E-state index in [1.165, 1.54) is 0 Å². The van der Waals surface area contributed by atoms with Crippen LogP contribution in [0.5, 0.6) is 0 Å². The van der Waals surface area contributed by atoms with Crippen molar-refractivity contribution in [3.05, 3.63) is 59.7 Å². The van der Waals surface area contributed by atoms with E-state index in [9.17, 15) is 18.4 Å². The van der Waals surface area contributed by atoms with Crippen LogP contribution in [0.1, 0.15) is 5.56 Å². The lowest BCUT2D eigenvalue weighted by atomic mass is 10.2. The van der Waals surface area contributed by atoms with Crippen LogP contribution in [-0.4, -0.2) is 11.8 Å². The molecule has 4 nitrogen and oxygen atoms in total. The molecule has 2 rings (SSSR count). The molecule has 0 aliphatic rings. The van der Waals surface area contributed by atoms with Crippen LogP contribution in [0.15, 0.2) is 42.5 Å². The van der Waals surface area contributed by atoms with Gasteiger partial charge in [-0.1, -0.05) is 12.1 Å². The second kappa shape index (κ2) is 6.13. The third-order valence-electron chi connectivity index (χ3n) is 2.66. The Kier molecular flexibility index (Phi) is 4.27. The van der Waals surface area contributed by atoms with Gasteiger partial charge in [-0.15, -0.1) is 0 Å². The van der Waals surface area contributed by atoms with Crippen LogP contribution in [0.3, 0.4) is 0 Å². The largest absolute Gasteiger partial charge is 0.318 e. The molecule has 0 aliphatic heterocycles. The van der Waals surface area contributed by atoms with Gasteiger partial charge in [0.1, 0.15) is 11.6 Å². The van der Waals surface area contributed by atoms with E-state index in [4.69, 9.17) is 0 Å². The van der Waals surface area contributed by atoms with Crippen molar-refractivity contribution < 1.29 is 18.4 Å². The Morgan fingerprint density at radius 2 is 1.67 bits per heavy atom. The highest BCUT2D eigenvalue weighted by atomic mass is 19.1. The van der Waals surface area contributed by atoms with Crippen LogP contribution < -0.4 is 10.6 Å². The minimum absolute atomic E-state index is 0.389. The molecule has 0 radical (unpaired) electrons. The molecule has 2 amide bonds. The summed E-state index contributed by atoms with van der Waals surface area (Å²) in [6, 6.07) is 9.41. The molecule has 2 aromatic carbocycles. The number of amides is 2. The van der Waals surface area contributed by atoms with Crippen molar-refractivity contribution in [2.75, 3.05) is 10.6 Å². The molecular formula is C15H12F2N2O2. The van der Waals surface area contributed by atoms with Gasteiger partial charge >= 0.3 is 11.8 Å². The molecule has 0 atom stereocenters. The number of hydrogen-bond acceptors (Lipinski definition) is 2. The van der Waals surface area contributed by atoms with E-state index >= 15 is 0 Å². The van der Waals surface area contributed by atoms with Crippen molar-refractivity contribution in [1.29, 1.82) is 0 Å². The summed E-state index contributed by atoms with van der Waals surface area (Å²) in [5.41, 5.74) is 0.957. The molecule has 0 saturated heterocycles. The standard InChI is InChI=1S/C15H12F2N2O2/c1-9-3-2-4-11(7-9)18-14(20)15(21)19-13-8-10(16)5-6-12(13)17/h2-8H,1H3,(H,18,20)(H,19,21). The first-order valence-electron chi connectivity index (χ1n) is 6.10. The highest BCUT2D eigenvalue weighted by molar-refractivity contribution is 6.43. The molecule has 6 heteroatoms. The first-order valence-corrected chi connectivity index (χ1v) is 6.10. The highest BCUT2D eigenvalue weighted by Crippen LogP contribution is 2.15. The lowest BCUT2D eigenvalue weighted by Gasteiger charge is -2.08. The number of aryl methyl sites for hydroxylation is 1. The third-order valence-corrected chi connectivity index (χ3v) is 2.66. The van der Waals surface area contributed by atoms with Gasteiger partial charge in [0.05, 0.1) is 5.69 Å². The first kappa shape index (κ1) is 14.6. The van der Waals surface area contributed by atoms with E-state index in [-0.39, 0.29) is 5.69 Å². The van der Waals surface area contributed by atoms with Crippen LogP contribution in [0, 0.1) is 18.6 Å². The lowest BCUT2D eigenvalue weighted by Crippen LogP contribution is -2.29. The zero-order valence-electron chi connectivity index (χ0n) is 11.1. The van der Waals surface area contributed by atoms with Gasteiger partial charge in [-0.3, -0.25) is 9.59 Å². The van der Waals surface area contributed by atoms with Crippen LogP contribution in [0.2, 0.25) is 0 Å². The number of nitrogens with one attached hydrogen (secondary N) is 2. The van der Waals surface area contributed by atoms with Crippen molar-refractivity contribution in [1.82, 2.24) is 0 Å². The quantitative estimate of drug-likeness (QED) is 0.836. The summed E-state index contributed by atoms with van der Waals surface area (Å²) in [5.74, 6) is -3.59. The average molecular weight is 290 g/mol. The fourth-order valence-electron chi connectivity index (χ4n) is 1.68. The molecule has 21 heavy (non-hydrogen) atoms. The summed E-state index contributed by atoms with van der Waals surface area (Å²) in [7, 11) is 0. The summed E-state index contributed by atoms with van der Waals surface area (Å²) in [6.45, 7) is 1.83. The molecule has 2 aromatic rings. The van der Waals surface area contributed by atoms with Gasteiger partial charge in [-0.2, -0.15) is 0 Å². The summed E-state index contributed by atoms with van der Waals surface area (Å²) in [4.78, 5) is 23.3. The zero-order valence-corrected chi connectivity index (χ0v) is 11.1. The number of carbonyl (C=O) groups is 2. The second-order valence-electron chi connectivity index (χ2n) is 4.40. The Balaban J connectivity index is 2.06. The van der Waals surface area contributed by atoms with Crippen molar-refractivity contribution in [2.24, 2.45) is 0 Å². The molecule has 0 aromatic heterocycles. The summed E-state index contributed by atoms with van der Waals surface area (Å²) < 4.78 is 26.3. The van der Waals surface area contributed by atoms with Gasteiger partial charge in [-0.05, 0) is 36.8 Å². The average Bonchev–Trinajstić information content (AvgIpc) is 2.43. The van der Waals surface area contributed by atoms with Crippen molar-refractivity contribution in [3.8, 4) is 0 Å². The topological polar surface area (TPSA) is 58.2 Å². The maximum absolute atomic E-state index is 13.4. The van der Waals surface area contributed by atoms with E-state index < -0.39 is 23.4 Å². The number of carbonyl (C=O) groups excluding carboxylic acids is 2. The Bertz CT molecular complexity index is 702. The molecule has 0 heterocycles. The molecule has 0 fully saturated rings. The SMILES string of the molecule is Cc1cccc(NC(=O)C(=O)Nc2cc(F)ccc2F)c1. The first-order chi connectivity index (χ1) is 9.95. The normalized spacial score (nSPS) is 10.0. The van der Waals surface area contributed by atoms with E-state index in [0.29, 0.717) is 5.69 Å². The minimum atomic E-state index is -1.08. The van der Waals surface area contributed by atoms with Crippen LogP contribution >= 0.6 is 0 Å². The minimum Gasteiger partial charge on any atom is -0.318 e. The Morgan fingerprint density at radius 3 is 2.38 bits per heavy atom. The summed E-state index contributed by atoms with van der Waals surface area (Å²) in [6.07, 6.45) is 0. The third kappa shape index (κ3) is 3.85. The van der Waals surface area contributed by atoms with Gasteiger partial charge in [0.2, 0.25) is 0 Å². The Morgan fingerprint density at radius 1 is 0.952 bits per heavy atom. The van der Waals surface area contributed by atoms with Gasteiger partial charge in [0, 0.05) is 11.8 Å². The van der Waals surface area contributed by atoms with Gasteiger partial charge < -0.3 is 10.6 Å². The number of halogens is 2. The van der Waals surface area contributed by atoms with E-state index in [2.05, 4.69) is 5.32 Å². The maximum atomic E-state index is 13.4. The van der Waals surface area contributed by atoms with Crippen LogP contribution in [-0.2, 0) is 9.59 Å². The van der Waals surface area contributed by atoms with Crippen molar-refractivity contribution in [3.63, 3.8) is 0 Å². The summed E-state index contributed by atoms with van der Waals surface area (Å²) in [5, 5.41) is 4.39. The summed E-state index contributed by atoms with van der Waals surface area (Å²) >= 11 is 0. The smallest absolute Gasteiger partial charge is 0.314 e. The van der Waals surface area contributed by atoms with Gasteiger partial charge in [-0.25, -0.2) is 8.78 Å². The number of rotatable bonds is 2.